The SMILES string of the molecule is CC(=O)c1ccc2c(c1)oc(=O)n2CC(C)C. The van der Waals surface area contributed by atoms with Crippen molar-refractivity contribution < 1.29 is 9.21 Å². The van der Waals surface area contributed by atoms with Crippen molar-refractivity contribution in [3.8, 4) is 0 Å². The van der Waals surface area contributed by atoms with Crippen LogP contribution in [0.3, 0.4) is 0 Å². The van der Waals surface area contributed by atoms with Gasteiger partial charge in [-0.15, -0.1) is 0 Å². The number of Topliss-reactive ketones (excluding diaryl/α,β-unsaturated/α-hetero) is 1. The van der Waals surface area contributed by atoms with Crippen LogP contribution in [0.1, 0.15) is 31.1 Å². The van der Waals surface area contributed by atoms with E-state index >= 15 is 0 Å². The van der Waals surface area contributed by atoms with E-state index < -0.39 is 0 Å². The summed E-state index contributed by atoms with van der Waals surface area (Å²) in [4.78, 5) is 22.9. The highest BCUT2D eigenvalue weighted by molar-refractivity contribution is 5.96. The Labute approximate surface area is 98.8 Å². The molecule has 17 heavy (non-hydrogen) atoms. The summed E-state index contributed by atoms with van der Waals surface area (Å²) in [5.74, 6) is -0.0402. The number of oxazole rings is 1. The molecule has 1 aromatic heterocycles. The molecular weight excluding hydrogens is 218 g/mol. The van der Waals surface area contributed by atoms with Gasteiger partial charge in [0.1, 0.15) is 0 Å². The fourth-order valence-corrected chi connectivity index (χ4v) is 1.82. The van der Waals surface area contributed by atoms with Crippen molar-refractivity contribution >= 4 is 16.9 Å². The molecule has 0 radical (unpaired) electrons. The van der Waals surface area contributed by atoms with Gasteiger partial charge < -0.3 is 4.42 Å². The summed E-state index contributed by atoms with van der Waals surface area (Å²) in [6.07, 6.45) is 0. The maximum absolute atomic E-state index is 11.7. The Kier molecular flexibility index (Phi) is 2.88. The molecule has 0 atom stereocenters. The Balaban J connectivity index is 2.60. The average molecular weight is 233 g/mol. The molecule has 0 amide bonds. The summed E-state index contributed by atoms with van der Waals surface area (Å²) < 4.78 is 6.75. The molecule has 0 bridgehead atoms. The van der Waals surface area contributed by atoms with E-state index in [-0.39, 0.29) is 11.5 Å². The fraction of sp³-hybridized carbons (Fsp3) is 0.385. The Bertz CT molecular complexity index is 619. The second-order valence-electron chi connectivity index (χ2n) is 4.61. The van der Waals surface area contributed by atoms with E-state index in [4.69, 9.17) is 4.42 Å². The summed E-state index contributed by atoms with van der Waals surface area (Å²) >= 11 is 0. The highest BCUT2D eigenvalue weighted by atomic mass is 16.4. The molecule has 0 spiro atoms. The first kappa shape index (κ1) is 11.6. The monoisotopic (exact) mass is 233 g/mol. The lowest BCUT2D eigenvalue weighted by atomic mass is 10.1. The highest BCUT2D eigenvalue weighted by Crippen LogP contribution is 2.16. The number of hydrogen-bond donors (Lipinski definition) is 0. The molecule has 0 aliphatic rings. The number of fused-ring (bicyclic) bond motifs is 1. The largest absolute Gasteiger partial charge is 0.419 e. The van der Waals surface area contributed by atoms with Crippen molar-refractivity contribution in [3.63, 3.8) is 0 Å². The zero-order chi connectivity index (χ0) is 12.6. The van der Waals surface area contributed by atoms with Crippen LogP contribution in [-0.2, 0) is 6.54 Å². The van der Waals surface area contributed by atoms with Crippen LogP contribution in [0.25, 0.3) is 11.1 Å². The molecule has 0 saturated heterocycles. The van der Waals surface area contributed by atoms with Crippen molar-refractivity contribution in [1.29, 1.82) is 0 Å². The van der Waals surface area contributed by atoms with E-state index in [2.05, 4.69) is 0 Å². The number of rotatable bonds is 3. The van der Waals surface area contributed by atoms with Crippen LogP contribution >= 0.6 is 0 Å². The number of nitrogens with zero attached hydrogens (tertiary/aromatic N) is 1. The van der Waals surface area contributed by atoms with Gasteiger partial charge in [0.15, 0.2) is 11.4 Å². The Morgan fingerprint density at radius 3 is 2.71 bits per heavy atom. The van der Waals surface area contributed by atoms with Crippen LogP contribution in [0.5, 0.6) is 0 Å². The smallest absolute Gasteiger partial charge is 0.408 e. The van der Waals surface area contributed by atoms with Gasteiger partial charge in [0.25, 0.3) is 0 Å². The summed E-state index contributed by atoms with van der Waals surface area (Å²) in [5, 5.41) is 0. The third-order valence-corrected chi connectivity index (χ3v) is 2.62. The maximum atomic E-state index is 11.7. The zero-order valence-corrected chi connectivity index (χ0v) is 10.2. The van der Waals surface area contributed by atoms with Gasteiger partial charge in [-0.05, 0) is 31.0 Å². The van der Waals surface area contributed by atoms with Crippen molar-refractivity contribution in [2.24, 2.45) is 5.92 Å². The third kappa shape index (κ3) is 2.16. The van der Waals surface area contributed by atoms with E-state index in [1.165, 1.54) is 6.92 Å². The Morgan fingerprint density at radius 2 is 2.12 bits per heavy atom. The van der Waals surface area contributed by atoms with E-state index in [0.717, 1.165) is 5.52 Å². The van der Waals surface area contributed by atoms with Gasteiger partial charge in [0, 0.05) is 12.1 Å². The summed E-state index contributed by atoms with van der Waals surface area (Å²) in [5.41, 5.74) is 1.78. The van der Waals surface area contributed by atoms with Gasteiger partial charge in [0.05, 0.1) is 5.52 Å². The molecule has 0 unspecified atom stereocenters. The van der Waals surface area contributed by atoms with E-state index in [1.807, 2.05) is 13.8 Å². The molecular formula is C13H15NO3. The van der Waals surface area contributed by atoms with Crippen molar-refractivity contribution in [1.82, 2.24) is 4.57 Å². The predicted octanol–water partition coefficient (Wildman–Crippen LogP) is 2.45. The van der Waals surface area contributed by atoms with Crippen LogP contribution in [-0.4, -0.2) is 10.4 Å². The molecule has 2 aromatic rings. The van der Waals surface area contributed by atoms with Crippen LogP contribution in [0, 0.1) is 5.92 Å². The first-order valence-electron chi connectivity index (χ1n) is 5.63. The van der Waals surface area contributed by atoms with Gasteiger partial charge >= 0.3 is 5.76 Å². The zero-order valence-electron chi connectivity index (χ0n) is 10.2. The summed E-state index contributed by atoms with van der Waals surface area (Å²) in [7, 11) is 0. The first-order valence-corrected chi connectivity index (χ1v) is 5.63. The van der Waals surface area contributed by atoms with Crippen molar-refractivity contribution in [3.05, 3.63) is 34.3 Å². The van der Waals surface area contributed by atoms with E-state index in [0.29, 0.717) is 23.6 Å². The molecule has 0 saturated carbocycles. The molecule has 0 fully saturated rings. The fourth-order valence-electron chi connectivity index (χ4n) is 1.82. The summed E-state index contributed by atoms with van der Waals surface area (Å²) in [6.45, 7) is 6.18. The second kappa shape index (κ2) is 4.20. The molecule has 2 rings (SSSR count). The topological polar surface area (TPSA) is 52.2 Å². The molecule has 0 aliphatic heterocycles. The molecule has 4 nitrogen and oxygen atoms in total. The Morgan fingerprint density at radius 1 is 1.41 bits per heavy atom. The number of ketones is 1. The quantitative estimate of drug-likeness (QED) is 0.765. The predicted molar refractivity (Wildman–Crippen MR) is 65.3 cm³/mol. The molecule has 0 aliphatic carbocycles. The molecule has 0 N–H and O–H groups in total. The molecule has 90 valence electrons. The number of benzene rings is 1. The summed E-state index contributed by atoms with van der Waals surface area (Å²) in [6, 6.07) is 5.10. The normalized spacial score (nSPS) is 11.3. The minimum Gasteiger partial charge on any atom is -0.408 e. The number of hydrogen-bond acceptors (Lipinski definition) is 3. The van der Waals surface area contributed by atoms with Crippen LogP contribution < -0.4 is 5.76 Å². The van der Waals surface area contributed by atoms with Gasteiger partial charge in [-0.1, -0.05) is 13.8 Å². The standard InChI is InChI=1S/C13H15NO3/c1-8(2)7-14-11-5-4-10(9(3)15)6-12(11)17-13(14)16/h4-6,8H,7H2,1-3H3. The number of aromatic nitrogens is 1. The van der Waals surface area contributed by atoms with Crippen molar-refractivity contribution in [2.75, 3.05) is 0 Å². The van der Waals surface area contributed by atoms with Crippen LogP contribution in [0.2, 0.25) is 0 Å². The first-order chi connectivity index (χ1) is 7.99. The van der Waals surface area contributed by atoms with E-state index in [1.54, 1.807) is 22.8 Å². The minimum absolute atomic E-state index is 0.0360. The van der Waals surface area contributed by atoms with E-state index in [9.17, 15) is 9.59 Å². The lowest BCUT2D eigenvalue weighted by molar-refractivity contribution is 0.101. The lowest BCUT2D eigenvalue weighted by Crippen LogP contribution is -2.17. The second-order valence-corrected chi connectivity index (χ2v) is 4.61. The average Bonchev–Trinajstić information content (AvgIpc) is 2.54. The van der Waals surface area contributed by atoms with Gasteiger partial charge in [0.2, 0.25) is 0 Å². The van der Waals surface area contributed by atoms with Crippen molar-refractivity contribution in [2.45, 2.75) is 27.3 Å². The third-order valence-electron chi connectivity index (χ3n) is 2.62. The minimum atomic E-state index is -0.366. The van der Waals surface area contributed by atoms with Gasteiger partial charge in [-0.2, -0.15) is 0 Å². The van der Waals surface area contributed by atoms with Crippen LogP contribution in [0.15, 0.2) is 27.4 Å². The van der Waals surface area contributed by atoms with Gasteiger partial charge in [-0.3, -0.25) is 9.36 Å². The molecule has 1 aromatic carbocycles. The Hall–Kier alpha value is -1.84. The molecule has 4 heteroatoms. The maximum Gasteiger partial charge on any atom is 0.419 e. The number of carbonyl (C=O) groups is 1. The van der Waals surface area contributed by atoms with Gasteiger partial charge in [-0.25, -0.2) is 4.79 Å². The molecule has 1 heterocycles. The highest BCUT2D eigenvalue weighted by Gasteiger charge is 2.11. The number of carbonyl (C=O) groups excluding carboxylic acids is 1. The lowest BCUT2D eigenvalue weighted by Gasteiger charge is -2.04. The van der Waals surface area contributed by atoms with Crippen LogP contribution in [0.4, 0.5) is 0 Å².